The number of carbonyl (C=O) groups is 1. The van der Waals surface area contributed by atoms with Crippen LogP contribution in [0.25, 0.3) is 0 Å². The topological polar surface area (TPSA) is 54.4 Å². The average molecular weight is 257 g/mol. The van der Waals surface area contributed by atoms with Crippen LogP contribution in [0.2, 0.25) is 0 Å². The number of carbonyl (C=O) groups excluding carboxylic acids is 1. The van der Waals surface area contributed by atoms with Gasteiger partial charge in [0.2, 0.25) is 0 Å². The molecule has 1 aromatic heterocycles. The highest BCUT2D eigenvalue weighted by molar-refractivity contribution is 5.99. The third kappa shape index (κ3) is 3.45. The minimum Gasteiger partial charge on any atom is -0.267 e. The Kier molecular flexibility index (Phi) is 3.97. The molecule has 4 nitrogen and oxygen atoms in total. The van der Waals surface area contributed by atoms with Gasteiger partial charge in [-0.1, -0.05) is 12.1 Å². The van der Waals surface area contributed by atoms with Crippen LogP contribution in [0.3, 0.4) is 0 Å². The highest BCUT2D eigenvalue weighted by atomic mass is 19.1. The minimum absolute atomic E-state index is 0.220. The summed E-state index contributed by atoms with van der Waals surface area (Å²) >= 11 is 0. The van der Waals surface area contributed by atoms with Gasteiger partial charge in [-0.15, -0.1) is 0 Å². The number of hydrazone groups is 1. The van der Waals surface area contributed by atoms with E-state index >= 15 is 0 Å². The Balaban J connectivity index is 2.08. The summed E-state index contributed by atoms with van der Waals surface area (Å²) in [5, 5.41) is 3.93. The van der Waals surface area contributed by atoms with Gasteiger partial charge in [-0.3, -0.25) is 9.78 Å². The summed E-state index contributed by atoms with van der Waals surface area (Å²) in [6, 6.07) is 10.8. The van der Waals surface area contributed by atoms with E-state index in [1.807, 2.05) is 6.07 Å². The summed E-state index contributed by atoms with van der Waals surface area (Å²) in [5.41, 5.74) is 3.83. The zero-order valence-electron chi connectivity index (χ0n) is 10.3. The molecule has 0 saturated carbocycles. The van der Waals surface area contributed by atoms with E-state index in [4.69, 9.17) is 0 Å². The molecule has 0 bridgehead atoms. The van der Waals surface area contributed by atoms with E-state index in [0.717, 1.165) is 6.07 Å². The molecule has 1 aromatic carbocycles. The molecule has 1 amide bonds. The van der Waals surface area contributed by atoms with Crippen molar-refractivity contribution < 1.29 is 9.18 Å². The molecule has 1 heterocycles. The van der Waals surface area contributed by atoms with Crippen molar-refractivity contribution in [3.63, 3.8) is 0 Å². The number of benzene rings is 1. The van der Waals surface area contributed by atoms with Crippen LogP contribution in [-0.2, 0) is 0 Å². The molecule has 0 aliphatic rings. The number of nitrogens with zero attached hydrogens (tertiary/aromatic N) is 2. The number of hydrogen-bond donors (Lipinski definition) is 1. The van der Waals surface area contributed by atoms with Crippen LogP contribution in [0, 0.1) is 5.82 Å². The highest BCUT2D eigenvalue weighted by Gasteiger charge is 2.05. The first-order chi connectivity index (χ1) is 9.16. The predicted octanol–water partition coefficient (Wildman–Crippen LogP) is 2.37. The first-order valence-electron chi connectivity index (χ1n) is 5.68. The van der Waals surface area contributed by atoms with E-state index in [1.165, 1.54) is 18.2 Å². The highest BCUT2D eigenvalue weighted by Crippen LogP contribution is 2.03. The Morgan fingerprint density at radius 2 is 2.11 bits per heavy atom. The van der Waals surface area contributed by atoms with Gasteiger partial charge in [-0.05, 0) is 37.3 Å². The lowest BCUT2D eigenvalue weighted by atomic mass is 10.2. The van der Waals surface area contributed by atoms with Crippen LogP contribution < -0.4 is 5.43 Å². The molecular weight excluding hydrogens is 245 g/mol. The number of aromatic nitrogens is 1. The van der Waals surface area contributed by atoms with Crippen LogP contribution in [0.15, 0.2) is 53.8 Å². The fourth-order valence-corrected chi connectivity index (χ4v) is 1.46. The second kappa shape index (κ2) is 5.86. The molecular formula is C14H12FN3O. The van der Waals surface area contributed by atoms with E-state index < -0.39 is 11.7 Å². The molecule has 1 N–H and O–H groups in total. The molecule has 0 unspecified atom stereocenters. The summed E-state index contributed by atoms with van der Waals surface area (Å²) in [5.74, 6) is -0.923. The van der Waals surface area contributed by atoms with Crippen molar-refractivity contribution in [2.45, 2.75) is 6.92 Å². The smallest absolute Gasteiger partial charge is 0.267 e. The van der Waals surface area contributed by atoms with Crippen LogP contribution >= 0.6 is 0 Å². The van der Waals surface area contributed by atoms with Crippen molar-refractivity contribution in [2.24, 2.45) is 5.10 Å². The van der Waals surface area contributed by atoms with Gasteiger partial charge in [-0.2, -0.15) is 5.10 Å². The Hall–Kier alpha value is -2.56. The minimum atomic E-state index is -0.463. The number of hydrogen-bond acceptors (Lipinski definition) is 3. The summed E-state index contributed by atoms with van der Waals surface area (Å²) < 4.78 is 13.0. The standard InChI is InChI=1S/C14H12FN3O/c1-10(13-7-2-3-8-16-13)17-18-14(19)11-5-4-6-12(15)9-11/h2-9H,1H3,(H,18,19). The third-order valence-corrected chi connectivity index (χ3v) is 2.45. The van der Waals surface area contributed by atoms with E-state index in [2.05, 4.69) is 15.5 Å². The van der Waals surface area contributed by atoms with Gasteiger partial charge >= 0.3 is 0 Å². The average Bonchev–Trinajstić information content (AvgIpc) is 2.45. The lowest BCUT2D eigenvalue weighted by molar-refractivity contribution is 0.0954. The first kappa shape index (κ1) is 12.9. The summed E-state index contributed by atoms with van der Waals surface area (Å²) in [7, 11) is 0. The van der Waals surface area contributed by atoms with Gasteiger partial charge in [0.15, 0.2) is 0 Å². The van der Waals surface area contributed by atoms with Gasteiger partial charge in [0.05, 0.1) is 11.4 Å². The van der Waals surface area contributed by atoms with Gasteiger partial charge in [0.1, 0.15) is 5.82 Å². The van der Waals surface area contributed by atoms with Gasteiger partial charge in [0, 0.05) is 11.8 Å². The SMILES string of the molecule is CC(=NNC(=O)c1cccc(F)c1)c1ccccn1. The summed E-state index contributed by atoms with van der Waals surface area (Å²) in [6.07, 6.45) is 1.64. The monoisotopic (exact) mass is 257 g/mol. The number of rotatable bonds is 3. The van der Waals surface area contributed by atoms with Crippen molar-refractivity contribution in [2.75, 3.05) is 0 Å². The van der Waals surface area contributed by atoms with E-state index in [1.54, 1.807) is 25.3 Å². The normalized spacial score (nSPS) is 11.2. The summed E-state index contributed by atoms with van der Waals surface area (Å²) in [4.78, 5) is 15.8. The van der Waals surface area contributed by atoms with Crippen LogP contribution in [0.1, 0.15) is 23.0 Å². The lowest BCUT2D eigenvalue weighted by Gasteiger charge is -2.02. The van der Waals surface area contributed by atoms with Gasteiger partial charge in [0.25, 0.3) is 5.91 Å². The number of halogens is 1. The molecule has 0 atom stereocenters. The maximum absolute atomic E-state index is 13.0. The van der Waals surface area contributed by atoms with E-state index in [0.29, 0.717) is 11.4 Å². The van der Waals surface area contributed by atoms with Crippen molar-refractivity contribution >= 4 is 11.6 Å². The van der Waals surface area contributed by atoms with Crippen molar-refractivity contribution in [3.05, 3.63) is 65.7 Å². The zero-order valence-corrected chi connectivity index (χ0v) is 10.3. The lowest BCUT2D eigenvalue weighted by Crippen LogP contribution is -2.19. The Bertz CT molecular complexity index is 611. The van der Waals surface area contributed by atoms with E-state index in [9.17, 15) is 9.18 Å². The van der Waals surface area contributed by atoms with Crippen molar-refractivity contribution in [3.8, 4) is 0 Å². The largest absolute Gasteiger partial charge is 0.271 e. The molecule has 2 rings (SSSR count). The number of amides is 1. The molecule has 0 radical (unpaired) electrons. The maximum Gasteiger partial charge on any atom is 0.271 e. The molecule has 0 spiro atoms. The molecule has 0 aliphatic heterocycles. The second-order valence-corrected chi connectivity index (χ2v) is 3.86. The number of nitrogens with one attached hydrogen (secondary N) is 1. The van der Waals surface area contributed by atoms with Crippen molar-refractivity contribution in [1.29, 1.82) is 0 Å². The molecule has 2 aromatic rings. The maximum atomic E-state index is 13.0. The molecule has 0 fully saturated rings. The predicted molar refractivity (Wildman–Crippen MR) is 70.3 cm³/mol. The molecule has 0 aliphatic carbocycles. The summed E-state index contributed by atoms with van der Waals surface area (Å²) in [6.45, 7) is 1.73. The Labute approximate surface area is 110 Å². The van der Waals surface area contributed by atoms with Gasteiger partial charge < -0.3 is 0 Å². The van der Waals surface area contributed by atoms with Crippen molar-refractivity contribution in [1.82, 2.24) is 10.4 Å². The van der Waals surface area contributed by atoms with E-state index in [-0.39, 0.29) is 5.56 Å². The fourth-order valence-electron chi connectivity index (χ4n) is 1.46. The van der Waals surface area contributed by atoms with Crippen LogP contribution in [0.4, 0.5) is 4.39 Å². The second-order valence-electron chi connectivity index (χ2n) is 3.86. The fraction of sp³-hybridized carbons (Fsp3) is 0.0714. The zero-order chi connectivity index (χ0) is 13.7. The molecule has 5 heteroatoms. The molecule has 0 saturated heterocycles. The van der Waals surface area contributed by atoms with Crippen LogP contribution in [-0.4, -0.2) is 16.6 Å². The molecule has 19 heavy (non-hydrogen) atoms. The molecule has 96 valence electrons. The Morgan fingerprint density at radius 1 is 1.26 bits per heavy atom. The first-order valence-corrected chi connectivity index (χ1v) is 5.68. The Morgan fingerprint density at radius 3 is 2.79 bits per heavy atom. The van der Waals surface area contributed by atoms with Crippen LogP contribution in [0.5, 0.6) is 0 Å². The quantitative estimate of drug-likeness (QED) is 0.678. The number of pyridine rings is 1. The third-order valence-electron chi connectivity index (χ3n) is 2.45. The van der Waals surface area contributed by atoms with Gasteiger partial charge in [-0.25, -0.2) is 9.82 Å².